The van der Waals surface area contributed by atoms with Crippen molar-refractivity contribution in [2.75, 3.05) is 13.7 Å². The predicted octanol–water partition coefficient (Wildman–Crippen LogP) is 6.60. The number of ether oxygens (including phenoxy) is 1. The monoisotopic (exact) mass is 457 g/mol. The Morgan fingerprint density at radius 2 is 1.76 bits per heavy atom. The number of rotatable bonds is 8. The minimum atomic E-state index is -0.322. The summed E-state index contributed by atoms with van der Waals surface area (Å²) in [7, 11) is 1.35. The molecule has 0 heterocycles. The van der Waals surface area contributed by atoms with E-state index in [-0.39, 0.29) is 24.8 Å². The number of hydrogen-bond acceptors (Lipinski definition) is 3. The molecule has 3 atom stereocenters. The van der Waals surface area contributed by atoms with Gasteiger partial charge >= 0.3 is 5.97 Å². The van der Waals surface area contributed by atoms with Crippen LogP contribution < -0.4 is 5.32 Å². The molecule has 3 aromatic carbocycles. The smallest absolute Gasteiger partial charge is 0.307 e. The fraction of sp³-hybridized carbons (Fsp3) is 0.400. The van der Waals surface area contributed by atoms with E-state index in [0.29, 0.717) is 23.3 Å². The summed E-state index contributed by atoms with van der Waals surface area (Å²) in [5.41, 5.74) is 3.42. The van der Waals surface area contributed by atoms with Crippen LogP contribution in [0.3, 0.4) is 0 Å². The molecule has 178 valence electrons. The van der Waals surface area contributed by atoms with Gasteiger partial charge in [0.1, 0.15) is 0 Å². The average Bonchev–Trinajstić information content (AvgIpc) is 2.88. The van der Waals surface area contributed by atoms with Crippen molar-refractivity contribution >= 4 is 22.6 Å². The van der Waals surface area contributed by atoms with Crippen LogP contribution in [0.4, 0.5) is 0 Å². The zero-order valence-electron chi connectivity index (χ0n) is 20.3. The van der Waals surface area contributed by atoms with Crippen LogP contribution in [0.2, 0.25) is 0 Å². The van der Waals surface area contributed by atoms with E-state index in [2.05, 4.69) is 71.6 Å². The molecule has 1 amide bonds. The molecule has 1 aliphatic rings. The molecular formula is C30H35NO3. The first-order valence-corrected chi connectivity index (χ1v) is 12.5. The third-order valence-electron chi connectivity index (χ3n) is 7.31. The molecule has 4 nitrogen and oxygen atoms in total. The van der Waals surface area contributed by atoms with Crippen molar-refractivity contribution in [3.63, 3.8) is 0 Å². The van der Waals surface area contributed by atoms with Crippen LogP contribution in [-0.2, 0) is 9.53 Å². The SMILES string of the molecule is COC(=O)CCNC(=O)c1ccc(C2CCCC(C[C@H](C)c3cccc4ccccc34)C2)cc1. The number of methoxy groups -OCH3 is 1. The van der Waals surface area contributed by atoms with Gasteiger partial charge in [-0.2, -0.15) is 0 Å². The summed E-state index contributed by atoms with van der Waals surface area (Å²) in [6.45, 7) is 2.66. The summed E-state index contributed by atoms with van der Waals surface area (Å²) in [6.07, 6.45) is 6.37. The molecule has 1 fully saturated rings. The molecule has 0 aliphatic heterocycles. The first-order valence-electron chi connectivity index (χ1n) is 12.5. The summed E-state index contributed by atoms with van der Waals surface area (Å²) in [4.78, 5) is 23.5. The lowest BCUT2D eigenvalue weighted by Gasteiger charge is -2.31. The molecule has 0 bridgehead atoms. The minimum Gasteiger partial charge on any atom is -0.469 e. The second-order valence-corrected chi connectivity index (χ2v) is 9.64. The Morgan fingerprint density at radius 1 is 1.00 bits per heavy atom. The van der Waals surface area contributed by atoms with E-state index < -0.39 is 0 Å². The number of amides is 1. The lowest BCUT2D eigenvalue weighted by Crippen LogP contribution is -2.26. The molecule has 4 heteroatoms. The molecule has 1 saturated carbocycles. The average molecular weight is 458 g/mol. The van der Waals surface area contributed by atoms with Crippen molar-refractivity contribution in [3.05, 3.63) is 83.4 Å². The quantitative estimate of drug-likeness (QED) is 0.388. The Morgan fingerprint density at radius 3 is 2.56 bits per heavy atom. The van der Waals surface area contributed by atoms with Crippen LogP contribution >= 0.6 is 0 Å². The van der Waals surface area contributed by atoms with Crippen LogP contribution in [0, 0.1) is 5.92 Å². The van der Waals surface area contributed by atoms with Crippen molar-refractivity contribution in [2.24, 2.45) is 5.92 Å². The third kappa shape index (κ3) is 5.85. The maximum Gasteiger partial charge on any atom is 0.307 e. The topological polar surface area (TPSA) is 55.4 Å². The molecule has 0 radical (unpaired) electrons. The molecule has 2 unspecified atom stereocenters. The van der Waals surface area contributed by atoms with Crippen LogP contribution in [0.5, 0.6) is 0 Å². The fourth-order valence-electron chi connectivity index (χ4n) is 5.50. The minimum absolute atomic E-state index is 0.152. The van der Waals surface area contributed by atoms with Crippen LogP contribution in [-0.4, -0.2) is 25.5 Å². The van der Waals surface area contributed by atoms with Crippen molar-refractivity contribution in [1.29, 1.82) is 0 Å². The lowest BCUT2D eigenvalue weighted by atomic mass is 9.74. The summed E-state index contributed by atoms with van der Waals surface area (Å²) in [5, 5.41) is 5.48. The van der Waals surface area contributed by atoms with Crippen LogP contribution in [0.15, 0.2) is 66.7 Å². The number of hydrogen-bond donors (Lipinski definition) is 1. The largest absolute Gasteiger partial charge is 0.469 e. The maximum atomic E-state index is 12.3. The number of esters is 1. The van der Waals surface area contributed by atoms with Crippen LogP contribution in [0.25, 0.3) is 10.8 Å². The highest BCUT2D eigenvalue weighted by molar-refractivity contribution is 5.94. The fourth-order valence-corrected chi connectivity index (χ4v) is 5.50. The molecule has 0 spiro atoms. The van der Waals surface area contributed by atoms with Crippen molar-refractivity contribution in [1.82, 2.24) is 5.32 Å². The Labute approximate surface area is 202 Å². The van der Waals surface area contributed by atoms with Gasteiger partial charge in [0.15, 0.2) is 0 Å². The summed E-state index contributed by atoms with van der Waals surface area (Å²) < 4.78 is 4.61. The van der Waals surface area contributed by atoms with Crippen LogP contribution in [0.1, 0.15) is 78.8 Å². The number of carbonyl (C=O) groups excluding carboxylic acids is 2. The van der Waals surface area contributed by atoms with Gasteiger partial charge in [0.25, 0.3) is 5.91 Å². The zero-order chi connectivity index (χ0) is 23.9. The Hall–Kier alpha value is -3.14. The highest BCUT2D eigenvalue weighted by Gasteiger charge is 2.25. The van der Waals surface area contributed by atoms with E-state index in [1.54, 1.807) is 0 Å². The Bertz CT molecular complexity index is 1120. The van der Waals surface area contributed by atoms with E-state index in [0.717, 1.165) is 0 Å². The molecule has 1 aliphatic carbocycles. The lowest BCUT2D eigenvalue weighted by molar-refractivity contribution is -0.140. The first kappa shape index (κ1) is 24.0. The van der Waals surface area contributed by atoms with Gasteiger partial charge in [-0.25, -0.2) is 0 Å². The van der Waals surface area contributed by atoms with E-state index in [1.807, 2.05) is 12.1 Å². The van der Waals surface area contributed by atoms with Gasteiger partial charge in [0.05, 0.1) is 13.5 Å². The second-order valence-electron chi connectivity index (χ2n) is 9.64. The normalized spacial score (nSPS) is 18.9. The second kappa shape index (κ2) is 11.3. The zero-order valence-corrected chi connectivity index (χ0v) is 20.3. The third-order valence-corrected chi connectivity index (χ3v) is 7.31. The number of carbonyl (C=O) groups is 2. The van der Waals surface area contributed by atoms with Gasteiger partial charge in [-0.05, 0) is 71.0 Å². The highest BCUT2D eigenvalue weighted by atomic mass is 16.5. The van der Waals surface area contributed by atoms with E-state index in [4.69, 9.17) is 0 Å². The van der Waals surface area contributed by atoms with E-state index in [1.165, 1.54) is 61.1 Å². The molecule has 4 rings (SSSR count). The molecule has 1 N–H and O–H groups in total. The number of nitrogens with one attached hydrogen (secondary N) is 1. The number of fused-ring (bicyclic) bond motifs is 1. The van der Waals surface area contributed by atoms with Gasteiger partial charge in [-0.3, -0.25) is 9.59 Å². The predicted molar refractivity (Wildman–Crippen MR) is 137 cm³/mol. The summed E-state index contributed by atoms with van der Waals surface area (Å²) in [5.74, 6) is 1.33. The maximum absolute atomic E-state index is 12.3. The molecular weight excluding hydrogens is 422 g/mol. The molecule has 34 heavy (non-hydrogen) atoms. The van der Waals surface area contributed by atoms with Gasteiger partial charge in [-0.15, -0.1) is 0 Å². The Balaban J connectivity index is 1.35. The first-order chi connectivity index (χ1) is 16.5. The van der Waals surface area contributed by atoms with E-state index >= 15 is 0 Å². The van der Waals surface area contributed by atoms with Crippen molar-refractivity contribution in [3.8, 4) is 0 Å². The van der Waals surface area contributed by atoms with Gasteiger partial charge < -0.3 is 10.1 Å². The molecule has 3 aromatic rings. The van der Waals surface area contributed by atoms with Gasteiger partial charge in [0, 0.05) is 12.1 Å². The molecule has 0 aromatic heterocycles. The van der Waals surface area contributed by atoms with E-state index in [9.17, 15) is 9.59 Å². The van der Waals surface area contributed by atoms with Gasteiger partial charge in [-0.1, -0.05) is 74.4 Å². The summed E-state index contributed by atoms with van der Waals surface area (Å²) >= 11 is 0. The highest BCUT2D eigenvalue weighted by Crippen LogP contribution is 2.41. The van der Waals surface area contributed by atoms with Crippen molar-refractivity contribution in [2.45, 2.75) is 57.3 Å². The summed E-state index contributed by atoms with van der Waals surface area (Å²) in [6, 6.07) is 23.4. The number of benzene rings is 3. The molecule has 0 saturated heterocycles. The standard InChI is InChI=1S/C30H35NO3/c1-21(27-12-6-9-24-8-3-4-11-28(24)27)19-22-7-5-10-26(20-22)23-13-15-25(16-14-23)30(33)31-18-17-29(32)34-2/h3-4,6,8-9,11-16,21-22,26H,5,7,10,17-20H2,1-2H3,(H,31,33)/t21-,22?,26?/m0/s1. The van der Waals surface area contributed by atoms with Crippen molar-refractivity contribution < 1.29 is 14.3 Å². The van der Waals surface area contributed by atoms with Gasteiger partial charge in [0.2, 0.25) is 0 Å². The Kier molecular flexibility index (Phi) is 7.99.